The molecule has 1 aliphatic carbocycles. The second-order valence-corrected chi connectivity index (χ2v) is 8.65. The fourth-order valence-electron chi connectivity index (χ4n) is 3.37. The Balaban J connectivity index is 2.74. The van der Waals surface area contributed by atoms with Crippen molar-refractivity contribution in [1.82, 2.24) is 10.4 Å². The summed E-state index contributed by atoms with van der Waals surface area (Å²) < 4.78 is 5.51. The smallest absolute Gasteiger partial charge is 0.329 e. The minimum atomic E-state index is -0.779. The average Bonchev–Trinajstić information content (AvgIpc) is 3.13. The summed E-state index contributed by atoms with van der Waals surface area (Å²) in [5.41, 5.74) is -0.513. The highest BCUT2D eigenvalue weighted by Crippen LogP contribution is 2.26. The first-order valence-corrected chi connectivity index (χ1v) is 10.1. The molecule has 0 aromatic carbocycles. The molecule has 0 aromatic rings. The molecule has 0 unspecified atom stereocenters. The van der Waals surface area contributed by atoms with E-state index in [9.17, 15) is 19.6 Å². The molecule has 1 rings (SSSR count). The second-order valence-electron chi connectivity index (χ2n) is 8.65. The lowest BCUT2D eigenvalue weighted by atomic mass is 9.86. The van der Waals surface area contributed by atoms with Crippen LogP contribution in [0.25, 0.3) is 0 Å². The summed E-state index contributed by atoms with van der Waals surface area (Å²) in [6.45, 7) is 7.93. The van der Waals surface area contributed by atoms with Gasteiger partial charge in [0, 0.05) is 0 Å². The number of ether oxygens (including phenoxy) is 1. The Labute approximate surface area is 162 Å². The molecule has 0 heterocycles. The number of hydrogen-bond donors (Lipinski definition) is 2. The average molecular weight is 385 g/mol. The molecule has 0 aromatic heterocycles. The SMILES string of the molecule is CCCC[C@H](CN(O)C=O)C(=O)N[C@H](C(=O)OCC1CCCC1)C(C)(C)C. The fraction of sp³-hybridized carbons (Fsp3) is 0.850. The fourth-order valence-corrected chi connectivity index (χ4v) is 3.37. The number of hydroxylamine groups is 2. The van der Waals surface area contributed by atoms with Gasteiger partial charge in [-0.3, -0.25) is 14.8 Å². The van der Waals surface area contributed by atoms with Crippen molar-refractivity contribution in [3.05, 3.63) is 0 Å². The van der Waals surface area contributed by atoms with Gasteiger partial charge >= 0.3 is 5.97 Å². The molecule has 0 bridgehead atoms. The van der Waals surface area contributed by atoms with E-state index in [0.29, 0.717) is 24.0 Å². The van der Waals surface area contributed by atoms with E-state index in [2.05, 4.69) is 5.32 Å². The summed E-state index contributed by atoms with van der Waals surface area (Å²) in [5, 5.41) is 12.8. The zero-order valence-electron chi connectivity index (χ0n) is 17.2. The molecule has 1 fully saturated rings. The number of esters is 1. The van der Waals surface area contributed by atoms with Crippen LogP contribution in [0.1, 0.15) is 72.6 Å². The van der Waals surface area contributed by atoms with E-state index in [-0.39, 0.29) is 18.9 Å². The van der Waals surface area contributed by atoms with Crippen LogP contribution in [0.5, 0.6) is 0 Å². The third kappa shape index (κ3) is 8.28. The lowest BCUT2D eigenvalue weighted by Crippen LogP contribution is -2.52. The quantitative estimate of drug-likeness (QED) is 0.247. The molecule has 27 heavy (non-hydrogen) atoms. The van der Waals surface area contributed by atoms with Crippen molar-refractivity contribution in [2.24, 2.45) is 17.3 Å². The first-order chi connectivity index (χ1) is 12.7. The zero-order chi connectivity index (χ0) is 20.4. The summed E-state index contributed by atoms with van der Waals surface area (Å²) in [5.74, 6) is -0.930. The highest BCUT2D eigenvalue weighted by Gasteiger charge is 2.36. The topological polar surface area (TPSA) is 95.9 Å². The maximum Gasteiger partial charge on any atom is 0.329 e. The zero-order valence-corrected chi connectivity index (χ0v) is 17.2. The molecular formula is C20H36N2O5. The Kier molecular flexibility index (Phi) is 9.77. The van der Waals surface area contributed by atoms with Crippen LogP contribution in [-0.2, 0) is 19.1 Å². The van der Waals surface area contributed by atoms with Gasteiger partial charge < -0.3 is 10.1 Å². The van der Waals surface area contributed by atoms with Crippen LogP contribution in [0.2, 0.25) is 0 Å². The minimum Gasteiger partial charge on any atom is -0.464 e. The van der Waals surface area contributed by atoms with Gasteiger partial charge in [-0.25, -0.2) is 9.86 Å². The van der Waals surface area contributed by atoms with Crippen LogP contribution in [0.3, 0.4) is 0 Å². The highest BCUT2D eigenvalue weighted by atomic mass is 16.5. The molecule has 7 heteroatoms. The predicted octanol–water partition coefficient (Wildman–Crippen LogP) is 2.90. The molecule has 2 amide bonds. The van der Waals surface area contributed by atoms with Crippen molar-refractivity contribution in [2.45, 2.75) is 78.7 Å². The largest absolute Gasteiger partial charge is 0.464 e. The maximum absolute atomic E-state index is 12.7. The summed E-state index contributed by atoms with van der Waals surface area (Å²) in [4.78, 5) is 36.1. The Hall–Kier alpha value is -1.63. The molecule has 0 radical (unpaired) electrons. The van der Waals surface area contributed by atoms with Crippen LogP contribution >= 0.6 is 0 Å². The Morgan fingerprint density at radius 3 is 2.44 bits per heavy atom. The Morgan fingerprint density at radius 1 is 1.30 bits per heavy atom. The van der Waals surface area contributed by atoms with Gasteiger partial charge in [0.1, 0.15) is 6.04 Å². The third-order valence-corrected chi connectivity index (χ3v) is 5.13. The molecule has 0 aliphatic heterocycles. The number of nitrogens with one attached hydrogen (secondary N) is 1. The van der Waals surface area contributed by atoms with Gasteiger partial charge in [-0.1, -0.05) is 53.4 Å². The predicted molar refractivity (Wildman–Crippen MR) is 102 cm³/mol. The number of hydrogen-bond acceptors (Lipinski definition) is 5. The van der Waals surface area contributed by atoms with Crippen LogP contribution in [0.15, 0.2) is 0 Å². The van der Waals surface area contributed by atoms with Crippen molar-refractivity contribution >= 4 is 18.3 Å². The number of unbranched alkanes of at least 4 members (excludes halogenated alkanes) is 1. The molecule has 2 N–H and O–H groups in total. The number of carbonyl (C=O) groups excluding carboxylic acids is 3. The first kappa shape index (κ1) is 23.4. The summed E-state index contributed by atoms with van der Waals surface area (Å²) in [6.07, 6.45) is 7.00. The van der Waals surface area contributed by atoms with Crippen LogP contribution in [-0.4, -0.2) is 47.8 Å². The van der Waals surface area contributed by atoms with Gasteiger partial charge in [-0.15, -0.1) is 0 Å². The van der Waals surface area contributed by atoms with Crippen molar-refractivity contribution in [1.29, 1.82) is 0 Å². The maximum atomic E-state index is 12.7. The third-order valence-electron chi connectivity index (χ3n) is 5.13. The van der Waals surface area contributed by atoms with Crippen LogP contribution in [0, 0.1) is 17.3 Å². The Bertz CT molecular complexity index is 483. The second kappa shape index (κ2) is 11.3. The number of amides is 2. The van der Waals surface area contributed by atoms with E-state index in [0.717, 1.165) is 25.7 Å². The lowest BCUT2D eigenvalue weighted by Gasteiger charge is -2.31. The first-order valence-electron chi connectivity index (χ1n) is 10.1. The van der Waals surface area contributed by atoms with Crippen molar-refractivity contribution in [2.75, 3.05) is 13.2 Å². The van der Waals surface area contributed by atoms with Crippen LogP contribution in [0.4, 0.5) is 0 Å². The molecule has 156 valence electrons. The monoisotopic (exact) mass is 384 g/mol. The van der Waals surface area contributed by atoms with Crippen molar-refractivity contribution in [3.63, 3.8) is 0 Å². The number of nitrogens with zero attached hydrogens (tertiary/aromatic N) is 1. The summed E-state index contributed by atoms with van der Waals surface area (Å²) in [7, 11) is 0. The van der Waals surface area contributed by atoms with E-state index in [4.69, 9.17) is 4.74 Å². The van der Waals surface area contributed by atoms with E-state index in [1.165, 1.54) is 12.8 Å². The lowest BCUT2D eigenvalue weighted by molar-refractivity contribution is -0.157. The van der Waals surface area contributed by atoms with E-state index >= 15 is 0 Å². The van der Waals surface area contributed by atoms with E-state index in [1.54, 1.807) is 0 Å². The molecule has 1 aliphatic rings. The highest BCUT2D eigenvalue weighted by molar-refractivity contribution is 5.86. The normalized spacial score (nSPS) is 17.2. The van der Waals surface area contributed by atoms with Gasteiger partial charge in [-0.05, 0) is 30.6 Å². The molecule has 0 spiro atoms. The molecule has 7 nitrogen and oxygen atoms in total. The molecule has 2 atom stereocenters. The summed E-state index contributed by atoms with van der Waals surface area (Å²) >= 11 is 0. The van der Waals surface area contributed by atoms with Crippen molar-refractivity contribution < 1.29 is 24.3 Å². The summed E-state index contributed by atoms with van der Waals surface area (Å²) in [6, 6.07) is -0.779. The van der Waals surface area contributed by atoms with Gasteiger partial charge in [0.15, 0.2) is 0 Å². The molecule has 0 saturated heterocycles. The van der Waals surface area contributed by atoms with Gasteiger partial charge in [0.2, 0.25) is 12.3 Å². The van der Waals surface area contributed by atoms with Crippen molar-refractivity contribution in [3.8, 4) is 0 Å². The van der Waals surface area contributed by atoms with Gasteiger partial charge in [0.25, 0.3) is 0 Å². The molecular weight excluding hydrogens is 348 g/mol. The Morgan fingerprint density at radius 2 is 1.93 bits per heavy atom. The van der Waals surface area contributed by atoms with E-state index < -0.39 is 23.3 Å². The van der Waals surface area contributed by atoms with Gasteiger partial charge in [0.05, 0.1) is 19.1 Å². The van der Waals surface area contributed by atoms with Gasteiger partial charge in [-0.2, -0.15) is 0 Å². The number of carbonyl (C=O) groups is 3. The standard InChI is InChI=1S/C20H36N2O5/c1-5-6-11-16(12-22(26)14-23)18(24)21-17(20(2,3)4)19(25)27-13-15-9-7-8-10-15/h14-17,26H,5-13H2,1-4H3,(H,21,24)/t16-,17-/m1/s1. The number of rotatable bonds is 11. The van der Waals surface area contributed by atoms with Crippen LogP contribution < -0.4 is 5.32 Å². The molecule has 1 saturated carbocycles. The minimum absolute atomic E-state index is 0.0939. The van der Waals surface area contributed by atoms with E-state index in [1.807, 2.05) is 27.7 Å².